The Balaban J connectivity index is 2.43. The lowest BCUT2D eigenvalue weighted by atomic mass is 9.67. The molecule has 1 aliphatic heterocycles. The van der Waals surface area contributed by atoms with Gasteiger partial charge in [0.1, 0.15) is 0 Å². The highest BCUT2D eigenvalue weighted by Gasteiger charge is 2.42. The first kappa shape index (κ1) is 10.0. The minimum atomic E-state index is 0.601. The fourth-order valence-corrected chi connectivity index (χ4v) is 2.29. The summed E-state index contributed by atoms with van der Waals surface area (Å²) in [6.45, 7) is 15.6. The predicted molar refractivity (Wildman–Crippen MR) is 54.2 cm³/mol. The smallest absolute Gasteiger partial charge is 0.00504 e. The normalized spacial score (nSPS) is 25.5. The van der Waals surface area contributed by atoms with Gasteiger partial charge in [-0.05, 0) is 23.8 Å². The van der Waals surface area contributed by atoms with Crippen LogP contribution in [0.1, 0.15) is 34.6 Å². The van der Waals surface area contributed by atoms with Crippen LogP contribution in [0.25, 0.3) is 0 Å². The molecular weight excluding hydrogens is 146 g/mol. The number of nitrogens with zero attached hydrogens (tertiary/aromatic N) is 1. The Morgan fingerprint density at radius 3 is 2.08 bits per heavy atom. The van der Waals surface area contributed by atoms with Gasteiger partial charge >= 0.3 is 0 Å². The molecule has 1 atom stereocenters. The van der Waals surface area contributed by atoms with Crippen LogP contribution in [0.2, 0.25) is 0 Å². The van der Waals surface area contributed by atoms with Crippen LogP contribution < -0.4 is 0 Å². The topological polar surface area (TPSA) is 3.24 Å². The summed E-state index contributed by atoms with van der Waals surface area (Å²) in [5.74, 6) is 1.69. The lowest BCUT2D eigenvalue weighted by molar-refractivity contribution is -0.0375. The van der Waals surface area contributed by atoms with Gasteiger partial charge in [0, 0.05) is 13.1 Å². The summed E-state index contributed by atoms with van der Waals surface area (Å²) in [6.07, 6.45) is 0. The largest absolute Gasteiger partial charge is 0.302 e. The van der Waals surface area contributed by atoms with Gasteiger partial charge < -0.3 is 4.90 Å². The Morgan fingerprint density at radius 1 is 1.25 bits per heavy atom. The second-order valence-corrected chi connectivity index (χ2v) is 4.99. The maximum atomic E-state index is 2.53. The van der Waals surface area contributed by atoms with Crippen LogP contribution in [0, 0.1) is 17.3 Å². The maximum Gasteiger partial charge on any atom is 0.00504 e. The van der Waals surface area contributed by atoms with E-state index >= 15 is 0 Å². The third-order valence-electron chi connectivity index (χ3n) is 3.72. The molecule has 72 valence electrons. The summed E-state index contributed by atoms with van der Waals surface area (Å²) in [5, 5.41) is 0. The average Bonchev–Trinajstić information content (AvgIpc) is 1.96. The summed E-state index contributed by atoms with van der Waals surface area (Å²) >= 11 is 0. The van der Waals surface area contributed by atoms with Gasteiger partial charge in [-0.25, -0.2) is 0 Å². The SMILES string of the molecule is CCN1CC(C)([C@H](C)C(C)C)C1. The number of likely N-dealkylation sites (tertiary alicyclic amines) is 1. The van der Waals surface area contributed by atoms with Gasteiger partial charge in [-0.3, -0.25) is 0 Å². The molecule has 1 nitrogen and oxygen atoms in total. The van der Waals surface area contributed by atoms with Gasteiger partial charge in [0.2, 0.25) is 0 Å². The van der Waals surface area contributed by atoms with E-state index in [9.17, 15) is 0 Å². The molecule has 0 unspecified atom stereocenters. The first-order chi connectivity index (χ1) is 5.49. The zero-order valence-electron chi connectivity index (χ0n) is 9.22. The summed E-state index contributed by atoms with van der Waals surface area (Å²) in [4.78, 5) is 2.53. The monoisotopic (exact) mass is 169 g/mol. The van der Waals surface area contributed by atoms with Crippen LogP contribution >= 0.6 is 0 Å². The Bertz CT molecular complexity index is 145. The van der Waals surface area contributed by atoms with Crippen molar-refractivity contribution in [2.45, 2.75) is 34.6 Å². The first-order valence-corrected chi connectivity index (χ1v) is 5.22. The van der Waals surface area contributed by atoms with Gasteiger partial charge in [-0.2, -0.15) is 0 Å². The van der Waals surface area contributed by atoms with E-state index in [1.54, 1.807) is 0 Å². The van der Waals surface area contributed by atoms with Crippen molar-refractivity contribution < 1.29 is 0 Å². The maximum absolute atomic E-state index is 2.53. The Hall–Kier alpha value is -0.0400. The van der Waals surface area contributed by atoms with Gasteiger partial charge in [0.05, 0.1) is 0 Å². The van der Waals surface area contributed by atoms with E-state index in [-0.39, 0.29) is 0 Å². The van der Waals surface area contributed by atoms with Gasteiger partial charge in [0.25, 0.3) is 0 Å². The Kier molecular flexibility index (Phi) is 2.82. The lowest BCUT2D eigenvalue weighted by Gasteiger charge is -2.52. The van der Waals surface area contributed by atoms with Crippen molar-refractivity contribution >= 4 is 0 Å². The molecule has 0 aromatic carbocycles. The van der Waals surface area contributed by atoms with Crippen LogP contribution in [-0.4, -0.2) is 24.5 Å². The predicted octanol–water partition coefficient (Wildman–Crippen LogP) is 2.62. The first-order valence-electron chi connectivity index (χ1n) is 5.22. The van der Waals surface area contributed by atoms with E-state index in [1.807, 2.05) is 0 Å². The summed E-state index contributed by atoms with van der Waals surface area (Å²) in [6, 6.07) is 0. The molecule has 1 aliphatic rings. The molecule has 0 N–H and O–H groups in total. The van der Waals surface area contributed by atoms with Crippen molar-refractivity contribution in [3.8, 4) is 0 Å². The molecule has 0 radical (unpaired) electrons. The molecule has 0 spiro atoms. The van der Waals surface area contributed by atoms with Crippen molar-refractivity contribution in [2.24, 2.45) is 17.3 Å². The minimum Gasteiger partial charge on any atom is -0.302 e. The molecule has 12 heavy (non-hydrogen) atoms. The molecule has 0 aromatic heterocycles. The second kappa shape index (κ2) is 3.37. The van der Waals surface area contributed by atoms with Crippen molar-refractivity contribution in [2.75, 3.05) is 19.6 Å². The van der Waals surface area contributed by atoms with Crippen LogP contribution in [0.3, 0.4) is 0 Å². The average molecular weight is 169 g/mol. The van der Waals surface area contributed by atoms with E-state index in [2.05, 4.69) is 39.5 Å². The van der Waals surface area contributed by atoms with E-state index in [0.717, 1.165) is 11.8 Å². The summed E-state index contributed by atoms with van der Waals surface area (Å²) in [5.41, 5.74) is 0.601. The highest BCUT2D eigenvalue weighted by atomic mass is 15.2. The van der Waals surface area contributed by atoms with E-state index in [1.165, 1.54) is 19.6 Å². The summed E-state index contributed by atoms with van der Waals surface area (Å²) in [7, 11) is 0. The van der Waals surface area contributed by atoms with Gasteiger partial charge in [0.15, 0.2) is 0 Å². The molecular formula is C11H23N. The number of hydrogen-bond acceptors (Lipinski definition) is 1. The fraction of sp³-hybridized carbons (Fsp3) is 1.00. The fourth-order valence-electron chi connectivity index (χ4n) is 2.29. The van der Waals surface area contributed by atoms with Crippen molar-refractivity contribution in [1.82, 2.24) is 4.90 Å². The third kappa shape index (κ3) is 1.66. The standard InChI is InChI=1S/C11H23N/c1-6-12-7-11(5,8-12)10(4)9(2)3/h9-10H,6-8H2,1-5H3/t10-/m1/s1. The molecule has 1 fully saturated rings. The van der Waals surface area contributed by atoms with Crippen molar-refractivity contribution in [1.29, 1.82) is 0 Å². The molecule has 0 amide bonds. The van der Waals surface area contributed by atoms with E-state index in [0.29, 0.717) is 5.41 Å². The molecule has 0 bridgehead atoms. The summed E-state index contributed by atoms with van der Waals surface area (Å²) < 4.78 is 0. The zero-order valence-corrected chi connectivity index (χ0v) is 9.22. The van der Waals surface area contributed by atoms with Crippen LogP contribution in [-0.2, 0) is 0 Å². The van der Waals surface area contributed by atoms with Crippen LogP contribution in [0.15, 0.2) is 0 Å². The Labute approximate surface area is 77.1 Å². The second-order valence-electron chi connectivity index (χ2n) is 4.99. The molecule has 0 saturated carbocycles. The van der Waals surface area contributed by atoms with Crippen LogP contribution in [0.4, 0.5) is 0 Å². The van der Waals surface area contributed by atoms with Crippen molar-refractivity contribution in [3.63, 3.8) is 0 Å². The van der Waals surface area contributed by atoms with E-state index < -0.39 is 0 Å². The number of rotatable bonds is 3. The van der Waals surface area contributed by atoms with Gasteiger partial charge in [-0.1, -0.05) is 34.6 Å². The van der Waals surface area contributed by atoms with Crippen LogP contribution in [0.5, 0.6) is 0 Å². The molecule has 1 heteroatoms. The quantitative estimate of drug-likeness (QED) is 0.628. The molecule has 0 aromatic rings. The van der Waals surface area contributed by atoms with Crippen molar-refractivity contribution in [3.05, 3.63) is 0 Å². The third-order valence-corrected chi connectivity index (χ3v) is 3.72. The minimum absolute atomic E-state index is 0.601. The zero-order chi connectivity index (χ0) is 9.35. The molecule has 1 heterocycles. The van der Waals surface area contributed by atoms with E-state index in [4.69, 9.17) is 0 Å². The number of hydrogen-bond donors (Lipinski definition) is 0. The highest BCUT2D eigenvalue weighted by Crippen LogP contribution is 2.40. The molecule has 1 rings (SSSR count). The Morgan fingerprint density at radius 2 is 1.75 bits per heavy atom. The lowest BCUT2D eigenvalue weighted by Crippen LogP contribution is -2.58. The molecule has 0 aliphatic carbocycles. The van der Waals surface area contributed by atoms with Gasteiger partial charge in [-0.15, -0.1) is 0 Å². The molecule has 1 saturated heterocycles. The highest BCUT2D eigenvalue weighted by molar-refractivity contribution is 4.95.